The fourth-order valence-electron chi connectivity index (χ4n) is 3.57. The molecule has 0 spiro atoms. The third-order valence-electron chi connectivity index (χ3n) is 4.68. The Morgan fingerprint density at radius 3 is 2.56 bits per heavy atom. The van der Waals surface area contributed by atoms with Crippen molar-refractivity contribution in [1.82, 2.24) is 24.0 Å². The number of H-pyrrole nitrogens is 1. The summed E-state index contributed by atoms with van der Waals surface area (Å²) in [4.78, 5) is 33.6. The molecular weight excluding hydrogens is 322 g/mol. The number of nitrogens with one attached hydrogen (secondary N) is 1. The average molecular weight is 349 g/mol. The van der Waals surface area contributed by atoms with Crippen LogP contribution in [0.5, 0.6) is 0 Å². The maximum Gasteiger partial charge on any atom is 0.329 e. The van der Waals surface area contributed by atoms with E-state index in [0.29, 0.717) is 17.7 Å². The third-order valence-corrected chi connectivity index (χ3v) is 4.68. The number of imidazole rings is 1. The van der Waals surface area contributed by atoms with Crippen LogP contribution >= 0.6 is 0 Å². The van der Waals surface area contributed by atoms with Crippen LogP contribution in [-0.4, -0.2) is 49.3 Å². The van der Waals surface area contributed by atoms with E-state index in [-0.39, 0.29) is 17.8 Å². The number of hydrogen-bond donors (Lipinski definition) is 1. The monoisotopic (exact) mass is 349 g/mol. The van der Waals surface area contributed by atoms with Crippen molar-refractivity contribution in [3.63, 3.8) is 0 Å². The molecule has 1 fully saturated rings. The normalized spacial score (nSPS) is 21.9. The molecule has 0 radical (unpaired) electrons. The van der Waals surface area contributed by atoms with Gasteiger partial charge < -0.3 is 9.30 Å². The van der Waals surface area contributed by atoms with E-state index >= 15 is 0 Å². The van der Waals surface area contributed by atoms with E-state index in [1.54, 1.807) is 7.05 Å². The summed E-state index contributed by atoms with van der Waals surface area (Å²) in [6.45, 7) is 9.27. The van der Waals surface area contributed by atoms with Crippen LogP contribution in [0, 0.1) is 0 Å². The summed E-state index contributed by atoms with van der Waals surface area (Å²) in [5, 5.41) is 0. The van der Waals surface area contributed by atoms with E-state index < -0.39 is 5.69 Å². The second kappa shape index (κ2) is 7.13. The van der Waals surface area contributed by atoms with Crippen molar-refractivity contribution in [3.05, 3.63) is 26.7 Å². The average Bonchev–Trinajstić information content (AvgIpc) is 2.88. The molecule has 0 aromatic carbocycles. The topological polar surface area (TPSA) is 85.2 Å². The fourth-order valence-corrected chi connectivity index (χ4v) is 3.57. The van der Waals surface area contributed by atoms with Crippen molar-refractivity contribution in [2.24, 2.45) is 7.05 Å². The Balaban J connectivity index is 2.04. The first-order valence-electron chi connectivity index (χ1n) is 8.97. The van der Waals surface area contributed by atoms with Gasteiger partial charge in [0.15, 0.2) is 11.2 Å². The fraction of sp³-hybridized carbons (Fsp3) is 0.706. The van der Waals surface area contributed by atoms with Crippen molar-refractivity contribution < 1.29 is 4.74 Å². The summed E-state index contributed by atoms with van der Waals surface area (Å²) in [7, 11) is 1.64. The molecule has 0 amide bonds. The highest BCUT2D eigenvalue weighted by molar-refractivity contribution is 5.70. The van der Waals surface area contributed by atoms with Gasteiger partial charge in [-0.15, -0.1) is 0 Å². The smallest absolute Gasteiger partial charge is 0.329 e. The van der Waals surface area contributed by atoms with E-state index in [1.807, 2.05) is 4.57 Å². The molecule has 1 N–H and O–H groups in total. The van der Waals surface area contributed by atoms with Crippen LogP contribution in [0.2, 0.25) is 0 Å². The van der Waals surface area contributed by atoms with Crippen LogP contribution in [-0.2, 0) is 24.9 Å². The Hall–Kier alpha value is -1.93. The maximum absolute atomic E-state index is 12.4. The first-order valence-corrected chi connectivity index (χ1v) is 8.97. The second-order valence-corrected chi connectivity index (χ2v) is 6.98. The summed E-state index contributed by atoms with van der Waals surface area (Å²) in [5.41, 5.74) is 0.142. The molecule has 1 saturated heterocycles. The van der Waals surface area contributed by atoms with E-state index in [1.165, 1.54) is 4.57 Å². The van der Waals surface area contributed by atoms with Crippen molar-refractivity contribution in [3.8, 4) is 0 Å². The highest BCUT2D eigenvalue weighted by Gasteiger charge is 2.25. The zero-order valence-electron chi connectivity index (χ0n) is 15.4. The lowest BCUT2D eigenvalue weighted by Crippen LogP contribution is -2.45. The molecule has 25 heavy (non-hydrogen) atoms. The van der Waals surface area contributed by atoms with Crippen molar-refractivity contribution in [2.45, 2.75) is 58.9 Å². The van der Waals surface area contributed by atoms with E-state index in [2.05, 4.69) is 35.6 Å². The molecule has 0 bridgehead atoms. The highest BCUT2D eigenvalue weighted by Crippen LogP contribution is 2.17. The van der Waals surface area contributed by atoms with E-state index in [4.69, 9.17) is 4.74 Å². The number of morpholine rings is 1. The minimum atomic E-state index is -0.433. The molecule has 2 aromatic rings. The van der Waals surface area contributed by atoms with E-state index in [9.17, 15) is 9.59 Å². The Bertz CT molecular complexity index is 856. The minimum absolute atomic E-state index is 0.171. The molecule has 8 nitrogen and oxygen atoms in total. The Morgan fingerprint density at radius 1 is 1.24 bits per heavy atom. The third kappa shape index (κ3) is 3.55. The van der Waals surface area contributed by atoms with Crippen molar-refractivity contribution >= 4 is 11.2 Å². The van der Waals surface area contributed by atoms with E-state index in [0.717, 1.165) is 38.3 Å². The zero-order valence-corrected chi connectivity index (χ0v) is 15.4. The Kier molecular flexibility index (Phi) is 5.10. The molecule has 2 atom stereocenters. The number of rotatable bonds is 5. The zero-order chi connectivity index (χ0) is 18.1. The molecule has 0 unspecified atom stereocenters. The predicted octanol–water partition coefficient (Wildman–Crippen LogP) is 0.833. The molecule has 138 valence electrons. The van der Waals surface area contributed by atoms with Crippen LogP contribution in [0.15, 0.2) is 9.59 Å². The molecule has 1 aliphatic heterocycles. The lowest BCUT2D eigenvalue weighted by atomic mass is 10.2. The summed E-state index contributed by atoms with van der Waals surface area (Å²) in [6.07, 6.45) is 2.32. The molecule has 3 rings (SSSR count). The van der Waals surface area contributed by atoms with Gasteiger partial charge in [0, 0.05) is 26.7 Å². The number of ether oxygens (including phenoxy) is 1. The highest BCUT2D eigenvalue weighted by atomic mass is 16.5. The quantitative estimate of drug-likeness (QED) is 0.864. The summed E-state index contributed by atoms with van der Waals surface area (Å²) in [5.74, 6) is 0.830. The molecule has 8 heteroatoms. The van der Waals surface area contributed by atoms with Gasteiger partial charge in [-0.2, -0.15) is 0 Å². The van der Waals surface area contributed by atoms with Crippen LogP contribution in [0.1, 0.15) is 39.4 Å². The van der Waals surface area contributed by atoms with Gasteiger partial charge >= 0.3 is 5.69 Å². The van der Waals surface area contributed by atoms with Gasteiger partial charge in [0.2, 0.25) is 0 Å². The molecule has 2 aromatic heterocycles. The Labute approximate surface area is 146 Å². The maximum atomic E-state index is 12.4. The standard InChI is InChI=1S/C17H27N5O3/c1-5-6-7-22-13(10-21-8-11(2)25-12(3)9-21)18-15-14(22)16(23)19-17(24)20(15)4/h11-12H,5-10H2,1-4H3,(H,19,23,24)/t11-,12+. The largest absolute Gasteiger partial charge is 0.373 e. The molecule has 1 aliphatic rings. The number of hydrogen-bond acceptors (Lipinski definition) is 5. The number of nitrogens with zero attached hydrogens (tertiary/aromatic N) is 4. The van der Waals surface area contributed by atoms with Crippen LogP contribution in [0.3, 0.4) is 0 Å². The van der Waals surface area contributed by atoms with Crippen LogP contribution in [0.4, 0.5) is 0 Å². The number of fused-ring (bicyclic) bond motifs is 1. The van der Waals surface area contributed by atoms with Gasteiger partial charge in [-0.05, 0) is 20.3 Å². The lowest BCUT2D eigenvalue weighted by molar-refractivity contribution is -0.0712. The summed E-state index contributed by atoms with van der Waals surface area (Å²) < 4.78 is 9.18. The summed E-state index contributed by atoms with van der Waals surface area (Å²) >= 11 is 0. The number of aromatic amines is 1. The number of aromatic nitrogens is 4. The van der Waals surface area contributed by atoms with Crippen LogP contribution in [0.25, 0.3) is 11.2 Å². The molecule has 0 saturated carbocycles. The molecule has 3 heterocycles. The van der Waals surface area contributed by atoms with Gasteiger partial charge in [0.1, 0.15) is 5.82 Å². The van der Waals surface area contributed by atoms with Gasteiger partial charge in [0.25, 0.3) is 5.56 Å². The van der Waals surface area contributed by atoms with Crippen molar-refractivity contribution in [1.29, 1.82) is 0 Å². The minimum Gasteiger partial charge on any atom is -0.373 e. The molecular formula is C17H27N5O3. The van der Waals surface area contributed by atoms with Crippen molar-refractivity contribution in [2.75, 3.05) is 13.1 Å². The second-order valence-electron chi connectivity index (χ2n) is 6.98. The summed E-state index contributed by atoms with van der Waals surface area (Å²) in [6, 6.07) is 0. The SMILES string of the molecule is CCCCn1c(CN2C[C@@H](C)O[C@@H](C)C2)nc2c1c(=O)[nH]c(=O)n2C. The first-order chi connectivity index (χ1) is 11.9. The van der Waals surface area contributed by atoms with Gasteiger partial charge in [-0.1, -0.05) is 13.3 Å². The molecule has 0 aliphatic carbocycles. The van der Waals surface area contributed by atoms with Gasteiger partial charge in [-0.25, -0.2) is 9.78 Å². The number of unbranched alkanes of at least 4 members (excludes halogenated alkanes) is 1. The lowest BCUT2D eigenvalue weighted by Gasteiger charge is -2.35. The number of aryl methyl sites for hydroxylation is 2. The van der Waals surface area contributed by atoms with Gasteiger partial charge in [-0.3, -0.25) is 19.2 Å². The Morgan fingerprint density at radius 2 is 1.92 bits per heavy atom. The predicted molar refractivity (Wildman–Crippen MR) is 95.8 cm³/mol. The van der Waals surface area contributed by atoms with Crippen LogP contribution < -0.4 is 11.2 Å². The van der Waals surface area contributed by atoms with Gasteiger partial charge in [0.05, 0.1) is 18.8 Å². The first kappa shape index (κ1) is 17.9.